The van der Waals surface area contributed by atoms with Crippen molar-refractivity contribution < 1.29 is 19.1 Å². The lowest BCUT2D eigenvalue weighted by atomic mass is 10.1. The van der Waals surface area contributed by atoms with Crippen LogP contribution in [0.4, 0.5) is 0 Å². The van der Waals surface area contributed by atoms with Gasteiger partial charge in [0.25, 0.3) is 5.91 Å². The van der Waals surface area contributed by atoms with Gasteiger partial charge in [-0.2, -0.15) is 11.8 Å². The molecule has 6 heteroatoms. The number of ether oxygens (including phenoxy) is 2. The van der Waals surface area contributed by atoms with Crippen LogP contribution in [0, 0.1) is 0 Å². The van der Waals surface area contributed by atoms with Crippen LogP contribution >= 0.6 is 11.8 Å². The van der Waals surface area contributed by atoms with Crippen LogP contribution in [0.1, 0.15) is 16.8 Å². The Hall–Kier alpha value is -1.69. The fourth-order valence-electron chi connectivity index (χ4n) is 1.61. The molecule has 1 unspecified atom stereocenters. The average molecular weight is 297 g/mol. The number of thioether (sulfide) groups is 1. The molecule has 1 amide bonds. The summed E-state index contributed by atoms with van der Waals surface area (Å²) in [5, 5.41) is 2.69. The van der Waals surface area contributed by atoms with E-state index in [0.717, 1.165) is 5.75 Å². The van der Waals surface area contributed by atoms with Crippen LogP contribution in [0.2, 0.25) is 0 Å². The highest BCUT2D eigenvalue weighted by Gasteiger charge is 2.21. The Balaban J connectivity index is 2.70. The molecule has 0 aliphatic heterocycles. The summed E-state index contributed by atoms with van der Waals surface area (Å²) in [6, 6.07) is 6.07. The van der Waals surface area contributed by atoms with Crippen molar-refractivity contribution in [2.75, 3.05) is 26.2 Å². The van der Waals surface area contributed by atoms with Crippen molar-refractivity contribution in [1.82, 2.24) is 5.32 Å². The highest BCUT2D eigenvalue weighted by atomic mass is 32.2. The fourth-order valence-corrected chi connectivity index (χ4v) is 2.08. The lowest BCUT2D eigenvalue weighted by Gasteiger charge is -2.16. The van der Waals surface area contributed by atoms with E-state index in [1.807, 2.05) is 6.26 Å². The Kier molecular flexibility index (Phi) is 6.93. The van der Waals surface area contributed by atoms with Crippen molar-refractivity contribution in [3.05, 3.63) is 29.8 Å². The number of methoxy groups -OCH3 is 2. The van der Waals surface area contributed by atoms with Crippen LogP contribution in [0.25, 0.3) is 0 Å². The molecule has 0 saturated heterocycles. The number of amides is 1. The molecule has 0 aliphatic carbocycles. The second-order valence-electron chi connectivity index (χ2n) is 4.06. The second-order valence-corrected chi connectivity index (χ2v) is 5.04. The first-order valence-electron chi connectivity index (χ1n) is 6.14. The molecule has 1 aromatic carbocycles. The van der Waals surface area contributed by atoms with Crippen LogP contribution < -0.4 is 10.1 Å². The lowest BCUT2D eigenvalue weighted by molar-refractivity contribution is -0.142. The number of carbonyl (C=O) groups excluding carboxylic acids is 2. The number of esters is 1. The summed E-state index contributed by atoms with van der Waals surface area (Å²) in [6.07, 6.45) is 2.48. The first-order chi connectivity index (χ1) is 9.62. The number of carbonyl (C=O) groups is 2. The van der Waals surface area contributed by atoms with Gasteiger partial charge in [0, 0.05) is 5.56 Å². The molecule has 0 heterocycles. The summed E-state index contributed by atoms with van der Waals surface area (Å²) >= 11 is 1.61. The van der Waals surface area contributed by atoms with E-state index in [2.05, 4.69) is 5.32 Å². The smallest absolute Gasteiger partial charge is 0.328 e. The monoisotopic (exact) mass is 297 g/mol. The average Bonchev–Trinajstić information content (AvgIpc) is 2.50. The zero-order chi connectivity index (χ0) is 15.0. The van der Waals surface area contributed by atoms with Gasteiger partial charge in [-0.15, -0.1) is 0 Å². The van der Waals surface area contributed by atoms with Crippen molar-refractivity contribution in [3.63, 3.8) is 0 Å². The fraction of sp³-hybridized carbons (Fsp3) is 0.429. The number of hydrogen-bond donors (Lipinski definition) is 1. The highest BCUT2D eigenvalue weighted by molar-refractivity contribution is 7.98. The van der Waals surface area contributed by atoms with Gasteiger partial charge < -0.3 is 14.8 Å². The van der Waals surface area contributed by atoms with Gasteiger partial charge in [-0.05, 0) is 42.7 Å². The van der Waals surface area contributed by atoms with Gasteiger partial charge in [0.05, 0.1) is 14.2 Å². The normalized spacial score (nSPS) is 11.6. The molecule has 5 nitrogen and oxygen atoms in total. The molecular formula is C14H19NO4S. The number of nitrogens with one attached hydrogen (secondary N) is 1. The molecule has 1 aromatic rings. The molecule has 0 saturated carbocycles. The summed E-state index contributed by atoms with van der Waals surface area (Å²) in [6.45, 7) is 0. The minimum atomic E-state index is -0.623. The Morgan fingerprint density at radius 3 is 2.40 bits per heavy atom. The summed E-state index contributed by atoms with van der Waals surface area (Å²) in [4.78, 5) is 23.7. The highest BCUT2D eigenvalue weighted by Crippen LogP contribution is 2.12. The van der Waals surface area contributed by atoms with Crippen LogP contribution in [-0.2, 0) is 9.53 Å². The molecule has 0 aromatic heterocycles. The van der Waals surface area contributed by atoms with Gasteiger partial charge in [0.15, 0.2) is 0 Å². The lowest BCUT2D eigenvalue weighted by Crippen LogP contribution is -2.41. The predicted molar refractivity (Wildman–Crippen MR) is 79.3 cm³/mol. The van der Waals surface area contributed by atoms with Crippen LogP contribution in [-0.4, -0.2) is 44.1 Å². The largest absolute Gasteiger partial charge is 0.497 e. The third-order valence-corrected chi connectivity index (χ3v) is 3.40. The quantitative estimate of drug-likeness (QED) is 0.776. The van der Waals surface area contributed by atoms with Gasteiger partial charge in [0.2, 0.25) is 0 Å². The van der Waals surface area contributed by atoms with Gasteiger partial charge in [0.1, 0.15) is 11.8 Å². The van der Waals surface area contributed by atoms with E-state index in [0.29, 0.717) is 17.7 Å². The van der Waals surface area contributed by atoms with E-state index in [-0.39, 0.29) is 5.91 Å². The summed E-state index contributed by atoms with van der Waals surface area (Å²) < 4.78 is 9.73. The van der Waals surface area contributed by atoms with E-state index < -0.39 is 12.0 Å². The van der Waals surface area contributed by atoms with Crippen molar-refractivity contribution >= 4 is 23.6 Å². The first kappa shape index (κ1) is 16.4. The summed E-state index contributed by atoms with van der Waals surface area (Å²) in [7, 11) is 2.87. The topological polar surface area (TPSA) is 64.6 Å². The van der Waals surface area contributed by atoms with E-state index in [9.17, 15) is 9.59 Å². The summed E-state index contributed by atoms with van der Waals surface area (Å²) in [5.74, 6) is 0.710. The molecular weight excluding hydrogens is 278 g/mol. The Morgan fingerprint density at radius 2 is 1.90 bits per heavy atom. The van der Waals surface area contributed by atoms with E-state index in [1.165, 1.54) is 7.11 Å². The van der Waals surface area contributed by atoms with Crippen LogP contribution in [0.3, 0.4) is 0 Å². The zero-order valence-electron chi connectivity index (χ0n) is 11.8. The molecule has 1 rings (SSSR count). The third kappa shape index (κ3) is 4.77. The molecule has 0 bridgehead atoms. The zero-order valence-corrected chi connectivity index (χ0v) is 12.7. The maximum absolute atomic E-state index is 12.1. The number of benzene rings is 1. The van der Waals surface area contributed by atoms with Crippen molar-refractivity contribution in [3.8, 4) is 5.75 Å². The number of hydrogen-bond acceptors (Lipinski definition) is 5. The molecule has 0 radical (unpaired) electrons. The molecule has 1 N–H and O–H groups in total. The number of rotatable bonds is 7. The van der Waals surface area contributed by atoms with Crippen molar-refractivity contribution in [2.24, 2.45) is 0 Å². The van der Waals surface area contributed by atoms with Crippen LogP contribution in [0.15, 0.2) is 24.3 Å². The molecule has 110 valence electrons. The maximum atomic E-state index is 12.1. The molecule has 1 atom stereocenters. The third-order valence-electron chi connectivity index (χ3n) is 2.75. The molecule has 0 spiro atoms. The Morgan fingerprint density at radius 1 is 1.25 bits per heavy atom. The summed E-state index contributed by atoms with van der Waals surface area (Å²) in [5.41, 5.74) is 0.476. The SMILES string of the molecule is COC(=O)C(CCSC)NC(=O)c1ccc(OC)cc1. The minimum Gasteiger partial charge on any atom is -0.497 e. The molecule has 20 heavy (non-hydrogen) atoms. The van der Waals surface area contributed by atoms with Gasteiger partial charge in [-0.25, -0.2) is 4.79 Å². The molecule has 0 fully saturated rings. The standard InChI is InChI=1S/C14H19NO4S/c1-18-11-6-4-10(5-7-11)13(16)15-12(8-9-20-3)14(17)19-2/h4-7,12H,8-9H2,1-3H3,(H,15,16). The first-order valence-corrected chi connectivity index (χ1v) is 7.53. The minimum absolute atomic E-state index is 0.302. The second kappa shape index (κ2) is 8.47. The maximum Gasteiger partial charge on any atom is 0.328 e. The molecule has 0 aliphatic rings. The van der Waals surface area contributed by atoms with Crippen LogP contribution in [0.5, 0.6) is 5.75 Å². The van der Waals surface area contributed by atoms with E-state index in [4.69, 9.17) is 9.47 Å². The van der Waals surface area contributed by atoms with Gasteiger partial charge in [-0.1, -0.05) is 0 Å². The van der Waals surface area contributed by atoms with Crippen molar-refractivity contribution in [2.45, 2.75) is 12.5 Å². The Labute approximate surface area is 123 Å². The van der Waals surface area contributed by atoms with E-state index in [1.54, 1.807) is 43.1 Å². The Bertz CT molecular complexity index is 447. The van der Waals surface area contributed by atoms with E-state index >= 15 is 0 Å². The van der Waals surface area contributed by atoms with Gasteiger partial charge >= 0.3 is 5.97 Å². The predicted octanol–water partition coefficient (Wildman–Crippen LogP) is 1.72. The van der Waals surface area contributed by atoms with Gasteiger partial charge in [-0.3, -0.25) is 4.79 Å². The van der Waals surface area contributed by atoms with Crippen molar-refractivity contribution in [1.29, 1.82) is 0 Å².